The molecular formula is C26H33N4O13PS. The van der Waals surface area contributed by atoms with Crippen molar-refractivity contribution in [2.45, 2.75) is 19.9 Å². The first kappa shape index (κ1) is 35.2. The summed E-state index contributed by atoms with van der Waals surface area (Å²) >= 11 is 1.19. The number of ether oxygens (including phenoxy) is 4. The van der Waals surface area contributed by atoms with Crippen molar-refractivity contribution >= 4 is 49.2 Å². The molecule has 0 spiro atoms. The van der Waals surface area contributed by atoms with Crippen molar-refractivity contribution in [2.75, 3.05) is 59.1 Å². The van der Waals surface area contributed by atoms with Crippen LogP contribution in [0.15, 0.2) is 35.7 Å². The van der Waals surface area contributed by atoms with E-state index in [1.807, 2.05) is 30.3 Å². The van der Waals surface area contributed by atoms with Crippen molar-refractivity contribution in [1.82, 2.24) is 20.1 Å². The van der Waals surface area contributed by atoms with E-state index in [9.17, 15) is 33.6 Å². The van der Waals surface area contributed by atoms with Gasteiger partial charge in [0.05, 0.1) is 19.4 Å². The van der Waals surface area contributed by atoms with Gasteiger partial charge in [-0.3, -0.25) is 23.2 Å². The largest absolute Gasteiger partial charge is 0.510 e. The van der Waals surface area contributed by atoms with Crippen LogP contribution in [0.25, 0.3) is 10.6 Å². The van der Waals surface area contributed by atoms with Crippen LogP contribution in [0.1, 0.15) is 24.3 Å². The van der Waals surface area contributed by atoms with E-state index in [1.54, 1.807) is 0 Å². The van der Waals surface area contributed by atoms with Gasteiger partial charge in [0.15, 0.2) is 0 Å². The van der Waals surface area contributed by atoms with Crippen LogP contribution >= 0.6 is 18.9 Å². The minimum Gasteiger partial charge on any atom is -0.465 e. The highest BCUT2D eigenvalue weighted by Crippen LogP contribution is 2.49. The fourth-order valence-corrected chi connectivity index (χ4v) is 6.06. The molecule has 1 aromatic carbocycles. The molecular weight excluding hydrogens is 639 g/mol. The van der Waals surface area contributed by atoms with Crippen LogP contribution in [0, 0.1) is 0 Å². The Labute approximate surface area is 261 Å². The molecule has 0 bridgehead atoms. The third-order valence-electron chi connectivity index (χ3n) is 6.01. The molecule has 19 heteroatoms. The summed E-state index contributed by atoms with van der Waals surface area (Å²) in [6, 6.07) is 7.51. The molecule has 3 rings (SSSR count). The Kier molecular flexibility index (Phi) is 13.5. The van der Waals surface area contributed by atoms with Crippen LogP contribution in [0.5, 0.6) is 0 Å². The van der Waals surface area contributed by atoms with Gasteiger partial charge < -0.3 is 39.2 Å². The van der Waals surface area contributed by atoms with Crippen molar-refractivity contribution in [3.05, 3.63) is 41.4 Å². The third-order valence-corrected chi connectivity index (χ3v) is 8.71. The SMILES string of the molecule is CCOC(=O)OCOP(=O)(CC(NC(=O)c1csc(-c2ccccc2)n1)C(=O)N1CCN(C(=O)O)CC1)OCOC(=O)OCC. The van der Waals surface area contributed by atoms with E-state index in [4.69, 9.17) is 18.5 Å². The monoisotopic (exact) mass is 672 g/mol. The number of benzene rings is 1. The maximum absolute atomic E-state index is 13.8. The molecule has 3 amide bonds. The van der Waals surface area contributed by atoms with Crippen molar-refractivity contribution in [3.8, 4) is 10.6 Å². The predicted octanol–water partition coefficient (Wildman–Crippen LogP) is 3.22. The molecule has 246 valence electrons. The van der Waals surface area contributed by atoms with Crippen LogP contribution in [-0.2, 0) is 37.4 Å². The zero-order chi connectivity index (χ0) is 32.8. The molecule has 17 nitrogen and oxygen atoms in total. The number of hydrogen-bond donors (Lipinski definition) is 2. The van der Waals surface area contributed by atoms with Crippen LogP contribution in [0.3, 0.4) is 0 Å². The summed E-state index contributed by atoms with van der Waals surface area (Å²) in [5.41, 5.74) is 0.736. The van der Waals surface area contributed by atoms with Crippen LogP contribution in [-0.4, -0.2) is 115 Å². The number of carboxylic acid groups (broad SMARTS) is 1. The number of carbonyl (C=O) groups excluding carboxylic acids is 4. The van der Waals surface area contributed by atoms with Gasteiger partial charge in [0, 0.05) is 37.1 Å². The number of amides is 3. The molecule has 1 aliphatic rings. The Bertz CT molecular complexity index is 1340. The minimum absolute atomic E-state index is 0.000315. The average molecular weight is 673 g/mol. The highest BCUT2D eigenvalue weighted by atomic mass is 32.1. The van der Waals surface area contributed by atoms with Gasteiger partial charge in [0.25, 0.3) is 5.91 Å². The predicted molar refractivity (Wildman–Crippen MR) is 156 cm³/mol. The quantitative estimate of drug-likeness (QED) is 0.168. The highest BCUT2D eigenvalue weighted by Gasteiger charge is 2.38. The summed E-state index contributed by atoms with van der Waals surface area (Å²) in [6.07, 6.45) is -4.23. The van der Waals surface area contributed by atoms with Crippen LogP contribution in [0.4, 0.5) is 14.4 Å². The number of piperazine rings is 1. The van der Waals surface area contributed by atoms with Gasteiger partial charge in [-0.1, -0.05) is 30.3 Å². The minimum atomic E-state index is -4.50. The van der Waals surface area contributed by atoms with E-state index in [0.29, 0.717) is 5.01 Å². The van der Waals surface area contributed by atoms with Gasteiger partial charge in [-0.2, -0.15) is 0 Å². The number of hydrogen-bond acceptors (Lipinski definition) is 14. The summed E-state index contributed by atoms with van der Waals surface area (Å²) in [7, 11) is -4.50. The highest BCUT2D eigenvalue weighted by molar-refractivity contribution is 7.54. The fraction of sp³-hybridized carbons (Fsp3) is 0.462. The van der Waals surface area contributed by atoms with E-state index in [-0.39, 0.29) is 45.1 Å². The molecule has 1 saturated heterocycles. The summed E-state index contributed by atoms with van der Waals surface area (Å²) in [5.74, 6) is -1.51. The average Bonchev–Trinajstić information content (AvgIpc) is 3.52. The molecule has 1 aliphatic heterocycles. The molecule has 0 saturated carbocycles. The molecule has 0 radical (unpaired) electrons. The second-order valence-corrected chi connectivity index (χ2v) is 11.9. The Balaban J connectivity index is 1.83. The van der Waals surface area contributed by atoms with E-state index >= 15 is 0 Å². The maximum Gasteiger partial charge on any atom is 0.510 e. The Morgan fingerprint density at radius 3 is 2.00 bits per heavy atom. The number of aromatic nitrogens is 1. The lowest BCUT2D eigenvalue weighted by molar-refractivity contribution is -0.134. The van der Waals surface area contributed by atoms with Gasteiger partial charge in [-0.25, -0.2) is 19.4 Å². The molecule has 2 N–H and O–H groups in total. The van der Waals surface area contributed by atoms with Crippen molar-refractivity contribution in [3.63, 3.8) is 0 Å². The second-order valence-electron chi connectivity index (χ2n) is 8.97. The summed E-state index contributed by atoms with van der Waals surface area (Å²) in [6.45, 7) is 1.13. The standard InChI is InChI=1S/C26H33N4O13PS/c1-3-38-25(35)40-16-42-44(37,43-17-41-26(36)39-4-2)14-19(23(32)29-10-12-30(13-11-29)24(33)34)27-21(31)20-15-45-22(28-20)18-8-6-5-7-9-18/h5-9,15,19H,3-4,10-14,16-17H2,1-2H3,(H,27,31)(H,33,34). The number of nitrogens with zero attached hydrogens (tertiary/aromatic N) is 3. The Morgan fingerprint density at radius 1 is 0.911 bits per heavy atom. The first-order valence-electron chi connectivity index (χ1n) is 13.6. The van der Waals surface area contributed by atoms with Gasteiger partial charge in [0.2, 0.25) is 19.5 Å². The number of carbonyl (C=O) groups is 5. The molecule has 1 unspecified atom stereocenters. The van der Waals surface area contributed by atoms with Gasteiger partial charge in [-0.15, -0.1) is 11.3 Å². The van der Waals surface area contributed by atoms with Crippen molar-refractivity contribution in [1.29, 1.82) is 0 Å². The lowest BCUT2D eigenvalue weighted by atomic mass is 10.2. The number of rotatable bonds is 14. The fourth-order valence-electron chi connectivity index (χ4n) is 3.84. The summed E-state index contributed by atoms with van der Waals surface area (Å²) < 4.78 is 42.9. The van der Waals surface area contributed by atoms with Crippen molar-refractivity contribution < 1.29 is 61.6 Å². The van der Waals surface area contributed by atoms with Crippen molar-refractivity contribution in [2.24, 2.45) is 0 Å². The maximum atomic E-state index is 13.8. The molecule has 2 heterocycles. The number of thiazole rings is 1. The second kappa shape index (κ2) is 17.3. The van der Waals surface area contributed by atoms with Gasteiger partial charge in [-0.05, 0) is 13.8 Å². The smallest absolute Gasteiger partial charge is 0.465 e. The van der Waals surface area contributed by atoms with Crippen LogP contribution < -0.4 is 5.32 Å². The summed E-state index contributed by atoms with van der Waals surface area (Å²) in [4.78, 5) is 68.3. The zero-order valence-corrected chi connectivity index (χ0v) is 26.2. The molecule has 45 heavy (non-hydrogen) atoms. The topological polar surface area (TPSA) is 209 Å². The van der Waals surface area contributed by atoms with E-state index in [0.717, 1.165) is 10.5 Å². The molecule has 1 atom stereocenters. The molecule has 1 aromatic heterocycles. The molecule has 1 fully saturated rings. The first-order valence-corrected chi connectivity index (χ1v) is 16.2. The normalized spacial score (nSPS) is 13.8. The first-order chi connectivity index (χ1) is 21.5. The Morgan fingerprint density at radius 2 is 1.47 bits per heavy atom. The number of nitrogens with one attached hydrogen (secondary N) is 1. The lowest BCUT2D eigenvalue weighted by Gasteiger charge is -2.35. The molecule has 2 aromatic rings. The molecule has 0 aliphatic carbocycles. The van der Waals surface area contributed by atoms with Crippen LogP contribution in [0.2, 0.25) is 0 Å². The van der Waals surface area contributed by atoms with E-state index in [1.165, 1.54) is 35.5 Å². The van der Waals surface area contributed by atoms with Gasteiger partial charge in [0.1, 0.15) is 16.7 Å². The Hall–Kier alpha value is -4.25. The summed E-state index contributed by atoms with van der Waals surface area (Å²) in [5, 5.41) is 13.8. The van der Waals surface area contributed by atoms with E-state index < -0.39 is 63.6 Å². The lowest BCUT2D eigenvalue weighted by Crippen LogP contribution is -2.56. The van der Waals surface area contributed by atoms with E-state index in [2.05, 4.69) is 19.8 Å². The van der Waals surface area contributed by atoms with Gasteiger partial charge >= 0.3 is 26.0 Å². The zero-order valence-electron chi connectivity index (χ0n) is 24.4. The third kappa shape index (κ3) is 11.0.